The Morgan fingerprint density at radius 2 is 1.74 bits per heavy atom. The molecule has 3 aromatic carbocycles. The van der Waals surface area contributed by atoms with Gasteiger partial charge in [-0.1, -0.05) is 48.5 Å². The summed E-state index contributed by atoms with van der Waals surface area (Å²) in [5.41, 5.74) is 5.62. The van der Waals surface area contributed by atoms with E-state index in [1.54, 1.807) is 24.3 Å². The molecule has 3 aromatic rings. The van der Waals surface area contributed by atoms with Crippen LogP contribution < -0.4 is 10.5 Å². The van der Waals surface area contributed by atoms with Gasteiger partial charge in [0.1, 0.15) is 12.4 Å². The van der Waals surface area contributed by atoms with E-state index in [1.165, 1.54) is 18.2 Å². The van der Waals surface area contributed by atoms with E-state index in [1.807, 2.05) is 18.2 Å². The molecule has 0 unspecified atom stereocenters. The summed E-state index contributed by atoms with van der Waals surface area (Å²) < 4.78 is 44.8. The maximum Gasteiger partial charge on any atom is 0.471 e. The summed E-state index contributed by atoms with van der Waals surface area (Å²) >= 11 is 0. The molecular weight excluding hydrogens is 415 g/mol. The van der Waals surface area contributed by atoms with E-state index in [2.05, 4.69) is 0 Å². The highest BCUT2D eigenvalue weighted by Crippen LogP contribution is 2.31. The number of amides is 1. The maximum absolute atomic E-state index is 13.1. The molecule has 0 atom stereocenters. The van der Waals surface area contributed by atoms with Gasteiger partial charge in [-0.2, -0.15) is 13.2 Å². The molecule has 0 aromatic heterocycles. The zero-order valence-electron chi connectivity index (χ0n) is 16.1. The zero-order valence-corrected chi connectivity index (χ0v) is 16.1. The minimum Gasteiger partial charge on any atom is -0.489 e. The van der Waals surface area contributed by atoms with Gasteiger partial charge in [0.05, 0.1) is 11.5 Å². The van der Waals surface area contributed by atoms with Crippen LogP contribution >= 0.6 is 0 Å². The molecule has 0 saturated carbocycles. The predicted octanol–water partition coefficient (Wildman–Crippen LogP) is 4.30. The molecule has 0 fully saturated rings. The number of benzene rings is 3. The number of nitro groups is 1. The van der Waals surface area contributed by atoms with Gasteiger partial charge in [-0.05, 0) is 22.4 Å². The van der Waals surface area contributed by atoms with Crippen molar-refractivity contribution in [3.8, 4) is 5.75 Å². The normalized spacial score (nSPS) is 11.3. The van der Waals surface area contributed by atoms with Crippen LogP contribution in [-0.2, 0) is 11.3 Å². The van der Waals surface area contributed by atoms with Crippen LogP contribution in [0.2, 0.25) is 0 Å². The Balaban J connectivity index is 1.80. The molecule has 7 nitrogen and oxygen atoms in total. The Morgan fingerprint density at radius 3 is 2.45 bits per heavy atom. The quantitative estimate of drug-likeness (QED) is 0.340. The van der Waals surface area contributed by atoms with Crippen LogP contribution in [0.5, 0.6) is 5.75 Å². The van der Waals surface area contributed by atoms with Crippen LogP contribution in [0.3, 0.4) is 0 Å². The highest BCUT2D eigenvalue weighted by molar-refractivity contribution is 5.87. The fourth-order valence-electron chi connectivity index (χ4n) is 3.15. The van der Waals surface area contributed by atoms with Gasteiger partial charge in [0.15, 0.2) is 5.69 Å². The fraction of sp³-hybridized carbons (Fsp3) is 0.190. The summed E-state index contributed by atoms with van der Waals surface area (Å²) in [5, 5.41) is 12.5. The number of nitrogen functional groups attached to an aromatic ring is 1. The summed E-state index contributed by atoms with van der Waals surface area (Å²) in [6, 6.07) is 16.2. The SMILES string of the molecule is Nc1c(OCCN(Cc2cccc3ccccc23)C(=O)C(F)(F)F)cccc1[N+](=O)[O-]. The van der Waals surface area contributed by atoms with E-state index >= 15 is 0 Å². The van der Waals surface area contributed by atoms with Gasteiger partial charge in [0.25, 0.3) is 5.69 Å². The fourth-order valence-corrected chi connectivity index (χ4v) is 3.15. The van der Waals surface area contributed by atoms with Crippen LogP contribution in [-0.4, -0.2) is 35.1 Å². The van der Waals surface area contributed by atoms with Crippen LogP contribution in [0.1, 0.15) is 5.56 Å². The number of anilines is 1. The lowest BCUT2D eigenvalue weighted by atomic mass is 10.0. The lowest BCUT2D eigenvalue weighted by molar-refractivity contribution is -0.384. The van der Waals surface area contributed by atoms with E-state index in [0.29, 0.717) is 10.5 Å². The summed E-state index contributed by atoms with van der Waals surface area (Å²) in [4.78, 5) is 22.9. The second kappa shape index (κ2) is 8.90. The van der Waals surface area contributed by atoms with Gasteiger partial charge in [-0.3, -0.25) is 14.9 Å². The van der Waals surface area contributed by atoms with Crippen molar-refractivity contribution < 1.29 is 27.6 Å². The van der Waals surface area contributed by atoms with Gasteiger partial charge in [-0.15, -0.1) is 0 Å². The van der Waals surface area contributed by atoms with E-state index in [9.17, 15) is 28.1 Å². The zero-order chi connectivity index (χ0) is 22.6. The van der Waals surface area contributed by atoms with Crippen molar-refractivity contribution in [3.63, 3.8) is 0 Å². The van der Waals surface area contributed by atoms with Crippen molar-refractivity contribution in [2.45, 2.75) is 12.7 Å². The van der Waals surface area contributed by atoms with E-state index in [4.69, 9.17) is 10.5 Å². The Labute approximate surface area is 175 Å². The number of carbonyl (C=O) groups excluding carboxylic acids is 1. The molecular formula is C21H18F3N3O4. The predicted molar refractivity (Wildman–Crippen MR) is 108 cm³/mol. The smallest absolute Gasteiger partial charge is 0.471 e. The van der Waals surface area contributed by atoms with E-state index < -0.39 is 23.6 Å². The molecule has 1 amide bonds. The number of carbonyl (C=O) groups is 1. The molecule has 0 bridgehead atoms. The van der Waals surface area contributed by atoms with Gasteiger partial charge >= 0.3 is 12.1 Å². The number of nitrogens with zero attached hydrogens (tertiary/aromatic N) is 2. The van der Waals surface area contributed by atoms with Crippen LogP contribution in [0, 0.1) is 10.1 Å². The third-order valence-corrected chi connectivity index (χ3v) is 4.63. The lowest BCUT2D eigenvalue weighted by Gasteiger charge is -2.24. The van der Waals surface area contributed by atoms with Gasteiger partial charge < -0.3 is 15.4 Å². The molecule has 0 spiro atoms. The van der Waals surface area contributed by atoms with Crippen LogP contribution in [0.15, 0.2) is 60.7 Å². The number of para-hydroxylation sites is 1. The molecule has 0 aliphatic rings. The lowest BCUT2D eigenvalue weighted by Crippen LogP contribution is -2.42. The topological polar surface area (TPSA) is 98.7 Å². The van der Waals surface area contributed by atoms with Crippen molar-refractivity contribution in [2.75, 3.05) is 18.9 Å². The molecule has 0 aliphatic carbocycles. The first-order valence-corrected chi connectivity index (χ1v) is 9.17. The molecule has 3 rings (SSSR count). The van der Waals surface area contributed by atoms with Crippen molar-refractivity contribution in [1.82, 2.24) is 4.90 Å². The number of rotatable bonds is 7. The molecule has 0 saturated heterocycles. The molecule has 10 heteroatoms. The van der Waals surface area contributed by atoms with Crippen molar-refractivity contribution in [3.05, 3.63) is 76.3 Å². The number of ether oxygens (including phenoxy) is 1. The van der Waals surface area contributed by atoms with Gasteiger partial charge in [0, 0.05) is 12.6 Å². The third kappa shape index (κ3) is 5.03. The molecule has 162 valence electrons. The first kappa shape index (κ1) is 21.9. The van der Waals surface area contributed by atoms with Crippen molar-refractivity contribution in [1.29, 1.82) is 0 Å². The number of nitrogens with two attached hydrogens (primary N) is 1. The second-order valence-corrected chi connectivity index (χ2v) is 6.66. The second-order valence-electron chi connectivity index (χ2n) is 6.66. The Morgan fingerprint density at radius 1 is 1.06 bits per heavy atom. The average molecular weight is 433 g/mol. The monoisotopic (exact) mass is 433 g/mol. The molecule has 0 aliphatic heterocycles. The number of hydrogen-bond donors (Lipinski definition) is 1. The van der Waals surface area contributed by atoms with E-state index in [0.717, 1.165) is 10.8 Å². The number of halogens is 3. The summed E-state index contributed by atoms with van der Waals surface area (Å²) in [7, 11) is 0. The number of hydrogen-bond acceptors (Lipinski definition) is 5. The number of nitro benzene ring substituents is 1. The Kier molecular flexibility index (Phi) is 6.28. The third-order valence-electron chi connectivity index (χ3n) is 4.63. The maximum atomic E-state index is 13.1. The van der Waals surface area contributed by atoms with Crippen LogP contribution in [0.4, 0.5) is 24.5 Å². The molecule has 0 heterocycles. The molecule has 2 N–H and O–H groups in total. The minimum absolute atomic E-state index is 0.0428. The summed E-state index contributed by atoms with van der Waals surface area (Å²) in [5.74, 6) is -2.05. The molecule has 31 heavy (non-hydrogen) atoms. The standard InChI is InChI=1S/C21H18F3N3O4/c22-21(23,24)20(28)26(13-15-7-3-6-14-5-1-2-8-16(14)15)11-12-31-18-10-4-9-17(19(18)25)27(29)30/h1-10H,11-13,25H2. The Bertz CT molecular complexity index is 1110. The highest BCUT2D eigenvalue weighted by atomic mass is 19.4. The van der Waals surface area contributed by atoms with Crippen LogP contribution in [0.25, 0.3) is 10.8 Å². The summed E-state index contributed by atoms with van der Waals surface area (Å²) in [6.45, 7) is -1.02. The van der Waals surface area contributed by atoms with E-state index in [-0.39, 0.29) is 30.3 Å². The number of alkyl halides is 3. The Hall–Kier alpha value is -3.82. The number of fused-ring (bicyclic) bond motifs is 1. The average Bonchev–Trinajstić information content (AvgIpc) is 2.73. The van der Waals surface area contributed by atoms with Crippen molar-refractivity contribution >= 4 is 28.1 Å². The van der Waals surface area contributed by atoms with Gasteiger partial charge in [-0.25, -0.2) is 0 Å². The van der Waals surface area contributed by atoms with Crippen molar-refractivity contribution in [2.24, 2.45) is 0 Å². The minimum atomic E-state index is -5.06. The van der Waals surface area contributed by atoms with Gasteiger partial charge in [0.2, 0.25) is 0 Å². The first-order valence-electron chi connectivity index (χ1n) is 9.17. The first-order chi connectivity index (χ1) is 14.7. The highest BCUT2D eigenvalue weighted by Gasteiger charge is 2.42. The largest absolute Gasteiger partial charge is 0.489 e. The molecule has 0 radical (unpaired) electrons. The summed E-state index contributed by atoms with van der Waals surface area (Å²) in [6.07, 6.45) is -5.06.